The number of anilines is 1. The number of Topliss-reactive ketones (excluding diaryl/α,β-unsaturated/α-hetero) is 1. The van der Waals surface area contributed by atoms with Gasteiger partial charge in [0.05, 0.1) is 21.4 Å². The fourth-order valence-corrected chi connectivity index (χ4v) is 6.39. The van der Waals surface area contributed by atoms with Crippen LogP contribution in [0.2, 0.25) is 0 Å². The number of hydrogen-bond donors (Lipinski definition) is 2. The van der Waals surface area contributed by atoms with Gasteiger partial charge in [-0.3, -0.25) is 14.5 Å². The third kappa shape index (κ3) is 3.55. The molecule has 5 aromatic rings. The third-order valence-corrected chi connectivity index (χ3v) is 8.23. The Kier molecular flexibility index (Phi) is 5.29. The van der Waals surface area contributed by atoms with Crippen LogP contribution in [0.4, 0.5) is 5.13 Å². The van der Waals surface area contributed by atoms with Gasteiger partial charge >= 0.3 is 5.97 Å². The summed E-state index contributed by atoms with van der Waals surface area (Å²) in [5.74, 6) is -3.14. The molecule has 0 saturated heterocycles. The molecule has 0 fully saturated rings. The highest BCUT2D eigenvalue weighted by Crippen LogP contribution is 2.45. The lowest BCUT2D eigenvalue weighted by molar-refractivity contribution is -0.117. The zero-order chi connectivity index (χ0) is 25.1. The van der Waals surface area contributed by atoms with Gasteiger partial charge in [0.25, 0.3) is 5.91 Å². The van der Waals surface area contributed by atoms with Crippen LogP contribution >= 0.6 is 38.6 Å². The largest absolute Gasteiger partial charge is 0.503 e. The van der Waals surface area contributed by atoms with E-state index >= 15 is 0 Å². The van der Waals surface area contributed by atoms with Gasteiger partial charge in [-0.15, -0.1) is 11.3 Å². The molecule has 1 aliphatic rings. The molecule has 2 N–H and O–H groups in total. The molecule has 8 nitrogen and oxygen atoms in total. The van der Waals surface area contributed by atoms with Crippen molar-refractivity contribution < 1.29 is 29.0 Å². The van der Waals surface area contributed by atoms with Crippen molar-refractivity contribution in [2.75, 3.05) is 4.90 Å². The van der Waals surface area contributed by atoms with Gasteiger partial charge in [0.15, 0.2) is 16.7 Å². The van der Waals surface area contributed by atoms with Gasteiger partial charge in [-0.05, 0) is 53.9 Å². The molecule has 0 radical (unpaired) electrons. The van der Waals surface area contributed by atoms with Gasteiger partial charge in [0.1, 0.15) is 11.6 Å². The van der Waals surface area contributed by atoms with Crippen LogP contribution in [-0.2, 0) is 4.79 Å². The number of thiophene rings is 1. The number of thiazole rings is 1. The average molecular weight is 581 g/mol. The normalized spacial score (nSPS) is 16.0. The van der Waals surface area contributed by atoms with E-state index in [1.807, 2.05) is 5.38 Å². The van der Waals surface area contributed by atoms with E-state index in [0.29, 0.717) is 26.1 Å². The number of hydrogen-bond acceptors (Lipinski definition) is 8. The molecule has 1 aliphatic heterocycles. The predicted octanol–water partition coefficient (Wildman–Crippen LogP) is 6.35. The molecule has 1 amide bonds. The number of rotatable bonds is 5. The molecular weight excluding hydrogens is 568 g/mol. The van der Waals surface area contributed by atoms with Gasteiger partial charge in [-0.25, -0.2) is 9.78 Å². The Morgan fingerprint density at radius 1 is 1.11 bits per heavy atom. The molecule has 36 heavy (non-hydrogen) atoms. The van der Waals surface area contributed by atoms with Crippen LogP contribution in [0.3, 0.4) is 0 Å². The first-order valence-electron chi connectivity index (χ1n) is 10.5. The summed E-state index contributed by atoms with van der Waals surface area (Å²) in [5, 5.41) is 23.0. The lowest BCUT2D eigenvalue weighted by Gasteiger charge is -2.22. The number of amides is 1. The molecule has 11 heteroatoms. The number of carbonyl (C=O) groups excluding carboxylic acids is 2. The van der Waals surface area contributed by atoms with E-state index in [0.717, 1.165) is 15.8 Å². The summed E-state index contributed by atoms with van der Waals surface area (Å²) < 4.78 is 7.14. The molecule has 3 aromatic heterocycles. The van der Waals surface area contributed by atoms with E-state index in [1.165, 1.54) is 28.4 Å². The average Bonchev–Trinajstić information content (AvgIpc) is 3.63. The third-order valence-electron chi connectivity index (χ3n) is 5.80. The van der Waals surface area contributed by atoms with Crippen LogP contribution in [0.1, 0.15) is 31.8 Å². The van der Waals surface area contributed by atoms with Crippen molar-refractivity contribution in [3.63, 3.8) is 0 Å². The highest BCUT2D eigenvalue weighted by Gasteiger charge is 2.47. The number of aromatic nitrogens is 1. The Balaban J connectivity index is 1.47. The summed E-state index contributed by atoms with van der Waals surface area (Å²) >= 11 is 5.83. The number of carbonyl (C=O) groups is 3. The summed E-state index contributed by atoms with van der Waals surface area (Å²) in [7, 11) is 0. The number of aromatic carboxylic acids is 1. The molecule has 6 rings (SSSR count). The predicted molar refractivity (Wildman–Crippen MR) is 139 cm³/mol. The molecule has 1 unspecified atom stereocenters. The van der Waals surface area contributed by atoms with Gasteiger partial charge in [-0.1, -0.05) is 33.3 Å². The first-order chi connectivity index (χ1) is 17.3. The summed E-state index contributed by atoms with van der Waals surface area (Å²) in [6.07, 6.45) is 0. The van der Waals surface area contributed by atoms with Crippen LogP contribution < -0.4 is 4.90 Å². The van der Waals surface area contributed by atoms with Crippen molar-refractivity contribution in [1.29, 1.82) is 0 Å². The van der Waals surface area contributed by atoms with Crippen LogP contribution in [0.15, 0.2) is 80.2 Å². The quantitative estimate of drug-likeness (QED) is 0.232. The van der Waals surface area contributed by atoms with E-state index in [4.69, 9.17) is 4.42 Å². The van der Waals surface area contributed by atoms with Crippen molar-refractivity contribution in [3.05, 3.63) is 92.0 Å². The Bertz CT molecular complexity index is 1750. The van der Waals surface area contributed by atoms with Crippen molar-refractivity contribution in [3.8, 4) is 0 Å². The van der Waals surface area contributed by atoms with E-state index in [2.05, 4.69) is 20.9 Å². The SMILES string of the molecule is O=C(O)c1ccc2nc(N3C(=O)C(O)=C(C(=O)c4cc5cc(Br)ccc5o4)C3c3cccs3)sc2c1. The maximum Gasteiger partial charge on any atom is 0.335 e. The number of carboxylic acid groups (broad SMARTS) is 1. The molecule has 0 saturated carbocycles. The van der Waals surface area contributed by atoms with Crippen LogP contribution in [0.25, 0.3) is 21.2 Å². The number of halogens is 1. The highest BCUT2D eigenvalue weighted by molar-refractivity contribution is 9.10. The summed E-state index contributed by atoms with van der Waals surface area (Å²) in [5.41, 5.74) is 0.982. The number of furan rings is 1. The number of fused-ring (bicyclic) bond motifs is 2. The summed E-state index contributed by atoms with van der Waals surface area (Å²) in [4.78, 5) is 44.8. The van der Waals surface area contributed by atoms with Crippen LogP contribution in [-0.4, -0.2) is 32.9 Å². The Morgan fingerprint density at radius 2 is 1.94 bits per heavy atom. The first kappa shape index (κ1) is 22.7. The molecule has 4 heterocycles. The minimum absolute atomic E-state index is 0.00347. The number of aliphatic hydroxyl groups is 1. The maximum absolute atomic E-state index is 13.7. The minimum atomic E-state index is -1.08. The fourth-order valence-electron chi connectivity index (χ4n) is 4.16. The minimum Gasteiger partial charge on any atom is -0.503 e. The number of nitrogens with zero attached hydrogens (tertiary/aromatic N) is 2. The maximum atomic E-state index is 13.7. The number of benzene rings is 2. The highest BCUT2D eigenvalue weighted by atomic mass is 79.9. The lowest BCUT2D eigenvalue weighted by atomic mass is 10.0. The van der Waals surface area contributed by atoms with Gasteiger partial charge in [0, 0.05) is 14.7 Å². The second-order valence-corrected chi connectivity index (χ2v) is 10.9. The lowest BCUT2D eigenvalue weighted by Crippen LogP contribution is -2.30. The topological polar surface area (TPSA) is 121 Å². The number of ketones is 1. The number of aliphatic hydroxyl groups excluding tert-OH is 1. The summed E-state index contributed by atoms with van der Waals surface area (Å²) in [6.45, 7) is 0. The fraction of sp³-hybridized carbons (Fsp3) is 0.0400. The van der Waals surface area contributed by atoms with Crippen molar-refractivity contribution >= 4 is 82.6 Å². The molecule has 1 atom stereocenters. The van der Waals surface area contributed by atoms with E-state index in [9.17, 15) is 24.6 Å². The van der Waals surface area contributed by atoms with Gasteiger partial charge in [-0.2, -0.15) is 0 Å². The summed E-state index contributed by atoms with van der Waals surface area (Å²) in [6, 6.07) is 14.0. The molecule has 2 aromatic carbocycles. The molecule has 0 aliphatic carbocycles. The van der Waals surface area contributed by atoms with Crippen molar-refractivity contribution in [1.82, 2.24) is 4.98 Å². The Hall–Kier alpha value is -3.80. The first-order valence-corrected chi connectivity index (χ1v) is 13.0. The smallest absolute Gasteiger partial charge is 0.335 e. The van der Waals surface area contributed by atoms with Crippen LogP contribution in [0.5, 0.6) is 0 Å². The standard InChI is InChI=1S/C25H13BrN2O6S2/c26-13-4-6-15-12(8-13)9-16(34-15)21(29)19-20(17-2-1-7-35-17)28(23(31)22(19)30)25-27-14-5-3-11(24(32)33)10-18(14)36-25/h1-10,20,30H,(H,32,33). The van der Waals surface area contributed by atoms with E-state index < -0.39 is 29.5 Å². The Labute approximate surface area is 218 Å². The molecule has 178 valence electrons. The zero-order valence-corrected chi connectivity index (χ0v) is 21.2. The molecule has 0 bridgehead atoms. The molecule has 0 spiro atoms. The van der Waals surface area contributed by atoms with Crippen molar-refractivity contribution in [2.45, 2.75) is 6.04 Å². The zero-order valence-electron chi connectivity index (χ0n) is 18.0. The Morgan fingerprint density at radius 3 is 2.69 bits per heavy atom. The van der Waals surface area contributed by atoms with E-state index in [1.54, 1.807) is 42.5 Å². The van der Waals surface area contributed by atoms with Crippen LogP contribution in [0, 0.1) is 0 Å². The van der Waals surface area contributed by atoms with E-state index in [-0.39, 0.29) is 22.0 Å². The second-order valence-electron chi connectivity index (χ2n) is 7.96. The second kappa shape index (κ2) is 8.40. The van der Waals surface area contributed by atoms with Gasteiger partial charge < -0.3 is 14.6 Å². The molecular formula is C25H13BrN2O6S2. The monoisotopic (exact) mass is 580 g/mol. The van der Waals surface area contributed by atoms with Gasteiger partial charge in [0.2, 0.25) is 5.78 Å². The number of carboxylic acids is 1. The van der Waals surface area contributed by atoms with Crippen molar-refractivity contribution in [2.24, 2.45) is 0 Å².